The van der Waals surface area contributed by atoms with Crippen molar-refractivity contribution in [2.75, 3.05) is 5.32 Å². The van der Waals surface area contributed by atoms with Gasteiger partial charge >= 0.3 is 0 Å². The number of carbonyl (C=O) groups excluding carboxylic acids is 2. The van der Waals surface area contributed by atoms with Gasteiger partial charge in [-0.05, 0) is 54.3 Å². The molecular formula is C20H16ClN3O3S. The number of aromatic hydroxyl groups is 1. The van der Waals surface area contributed by atoms with E-state index in [4.69, 9.17) is 11.6 Å². The van der Waals surface area contributed by atoms with Gasteiger partial charge in [-0.3, -0.25) is 9.59 Å². The Balaban J connectivity index is 1.71. The molecule has 0 saturated carbocycles. The van der Waals surface area contributed by atoms with E-state index < -0.39 is 5.91 Å². The molecule has 0 saturated heterocycles. The average molecular weight is 414 g/mol. The van der Waals surface area contributed by atoms with E-state index in [1.807, 2.05) is 17.5 Å². The van der Waals surface area contributed by atoms with Crippen molar-refractivity contribution >= 4 is 46.2 Å². The maximum absolute atomic E-state index is 12.2. The fourth-order valence-electron chi connectivity index (χ4n) is 2.37. The molecule has 0 fully saturated rings. The van der Waals surface area contributed by atoms with Gasteiger partial charge in [-0.1, -0.05) is 29.8 Å². The van der Waals surface area contributed by atoms with Crippen molar-refractivity contribution in [1.29, 1.82) is 0 Å². The van der Waals surface area contributed by atoms with Crippen LogP contribution in [0.1, 0.15) is 32.5 Å². The molecule has 0 aliphatic rings. The molecule has 0 spiro atoms. The van der Waals surface area contributed by atoms with Gasteiger partial charge in [0.05, 0.1) is 16.2 Å². The molecule has 3 aromatic rings. The molecule has 3 rings (SSSR count). The predicted octanol–water partition coefficient (Wildman–Crippen LogP) is 4.51. The summed E-state index contributed by atoms with van der Waals surface area (Å²) in [6.45, 7) is 1.72. The summed E-state index contributed by atoms with van der Waals surface area (Å²) in [7, 11) is 0. The van der Waals surface area contributed by atoms with Crippen molar-refractivity contribution in [2.24, 2.45) is 5.10 Å². The van der Waals surface area contributed by atoms with Gasteiger partial charge in [0, 0.05) is 10.7 Å². The summed E-state index contributed by atoms with van der Waals surface area (Å²) >= 11 is 7.21. The number of phenols is 1. The quantitative estimate of drug-likeness (QED) is 0.424. The summed E-state index contributed by atoms with van der Waals surface area (Å²) < 4.78 is 0. The third kappa shape index (κ3) is 4.76. The molecule has 0 radical (unpaired) electrons. The molecule has 28 heavy (non-hydrogen) atoms. The number of nitrogens with one attached hydrogen (secondary N) is 2. The molecule has 2 amide bonds. The number of hydrazone groups is 1. The number of halogens is 1. The molecule has 2 aromatic carbocycles. The summed E-state index contributed by atoms with van der Waals surface area (Å²) in [5.41, 5.74) is 4.29. The van der Waals surface area contributed by atoms with Crippen molar-refractivity contribution in [1.82, 2.24) is 5.43 Å². The molecule has 6 nitrogen and oxygen atoms in total. The van der Waals surface area contributed by atoms with Crippen molar-refractivity contribution in [2.45, 2.75) is 6.92 Å². The minimum atomic E-state index is -0.582. The zero-order valence-corrected chi connectivity index (χ0v) is 16.3. The van der Waals surface area contributed by atoms with E-state index in [1.165, 1.54) is 29.5 Å². The first-order chi connectivity index (χ1) is 13.4. The van der Waals surface area contributed by atoms with Crippen molar-refractivity contribution in [3.8, 4) is 5.75 Å². The van der Waals surface area contributed by atoms with Gasteiger partial charge < -0.3 is 10.4 Å². The van der Waals surface area contributed by atoms with Crippen LogP contribution in [0.3, 0.4) is 0 Å². The molecule has 8 heteroatoms. The Labute approximate surface area is 170 Å². The van der Waals surface area contributed by atoms with Crippen LogP contribution in [0.5, 0.6) is 5.75 Å². The Bertz CT molecular complexity index is 1050. The molecule has 0 aliphatic carbocycles. The van der Waals surface area contributed by atoms with Gasteiger partial charge in [0.15, 0.2) is 0 Å². The number of thiophene rings is 1. The number of hydrogen-bond donors (Lipinski definition) is 3. The molecule has 0 aliphatic heterocycles. The van der Waals surface area contributed by atoms with Gasteiger partial charge in [0.1, 0.15) is 5.75 Å². The van der Waals surface area contributed by atoms with Crippen molar-refractivity contribution in [3.05, 3.63) is 81.0 Å². The maximum atomic E-state index is 12.2. The fraction of sp³-hybridized carbons (Fsp3) is 0.0500. The second-order valence-electron chi connectivity index (χ2n) is 5.81. The van der Waals surface area contributed by atoms with E-state index in [-0.39, 0.29) is 17.2 Å². The lowest BCUT2D eigenvalue weighted by Crippen LogP contribution is -2.19. The van der Waals surface area contributed by atoms with Crippen LogP contribution in [0.2, 0.25) is 5.02 Å². The molecule has 142 valence electrons. The highest BCUT2D eigenvalue weighted by molar-refractivity contribution is 7.12. The van der Waals surface area contributed by atoms with Gasteiger partial charge in [-0.15, -0.1) is 11.3 Å². The average Bonchev–Trinajstić information content (AvgIpc) is 3.23. The van der Waals surface area contributed by atoms with Gasteiger partial charge in [0.2, 0.25) is 0 Å². The minimum absolute atomic E-state index is 0.0287. The highest BCUT2D eigenvalue weighted by Gasteiger charge is 2.12. The van der Waals surface area contributed by atoms with Crippen LogP contribution in [-0.2, 0) is 0 Å². The molecule has 0 atom stereocenters. The Morgan fingerprint density at radius 2 is 1.89 bits per heavy atom. The number of benzene rings is 2. The van der Waals surface area contributed by atoms with Crippen LogP contribution in [0.25, 0.3) is 0 Å². The van der Waals surface area contributed by atoms with Crippen molar-refractivity contribution in [3.63, 3.8) is 0 Å². The molecule has 0 unspecified atom stereocenters. The zero-order chi connectivity index (χ0) is 20.1. The smallest absolute Gasteiger partial charge is 0.275 e. The highest BCUT2D eigenvalue weighted by Crippen LogP contribution is 2.21. The lowest BCUT2D eigenvalue weighted by atomic mass is 10.1. The highest BCUT2D eigenvalue weighted by atomic mass is 35.5. The molecule has 0 bridgehead atoms. The second-order valence-corrected chi connectivity index (χ2v) is 7.20. The first kappa shape index (κ1) is 19.6. The van der Waals surface area contributed by atoms with Crippen LogP contribution < -0.4 is 10.7 Å². The zero-order valence-electron chi connectivity index (χ0n) is 14.8. The van der Waals surface area contributed by atoms with Gasteiger partial charge in [0.25, 0.3) is 11.8 Å². The number of nitrogens with zero attached hydrogens (tertiary/aromatic N) is 1. The summed E-state index contributed by atoms with van der Waals surface area (Å²) in [4.78, 5) is 25.0. The molecule has 1 aromatic heterocycles. The summed E-state index contributed by atoms with van der Waals surface area (Å²) in [5, 5.41) is 18.8. The van der Waals surface area contributed by atoms with E-state index in [0.29, 0.717) is 21.3 Å². The van der Waals surface area contributed by atoms with Crippen LogP contribution in [0.4, 0.5) is 5.69 Å². The van der Waals surface area contributed by atoms with E-state index in [1.54, 1.807) is 31.2 Å². The topological polar surface area (TPSA) is 90.8 Å². The van der Waals surface area contributed by atoms with E-state index >= 15 is 0 Å². The van der Waals surface area contributed by atoms with Crippen LogP contribution in [0.15, 0.2) is 65.1 Å². The van der Waals surface area contributed by atoms with Crippen molar-refractivity contribution < 1.29 is 14.7 Å². The monoisotopic (exact) mass is 413 g/mol. The summed E-state index contributed by atoms with van der Waals surface area (Å²) in [5.74, 6) is -0.957. The predicted molar refractivity (Wildman–Crippen MR) is 112 cm³/mol. The fourth-order valence-corrected chi connectivity index (χ4v) is 3.16. The number of phenolic OH excluding ortho intramolecular Hbond substituents is 1. The van der Waals surface area contributed by atoms with Gasteiger partial charge in [-0.2, -0.15) is 5.10 Å². The maximum Gasteiger partial charge on any atom is 0.275 e. The first-order valence-electron chi connectivity index (χ1n) is 8.22. The Morgan fingerprint density at radius 1 is 1.07 bits per heavy atom. The molecule has 1 heterocycles. The lowest BCUT2D eigenvalue weighted by Gasteiger charge is -2.08. The summed E-state index contributed by atoms with van der Waals surface area (Å²) in [6.07, 6.45) is 0. The van der Waals surface area contributed by atoms with Crippen LogP contribution in [-0.4, -0.2) is 22.6 Å². The molecular weight excluding hydrogens is 398 g/mol. The van der Waals surface area contributed by atoms with Gasteiger partial charge in [-0.25, -0.2) is 5.43 Å². The third-order valence-electron chi connectivity index (χ3n) is 3.81. The Morgan fingerprint density at radius 3 is 2.64 bits per heavy atom. The van der Waals surface area contributed by atoms with Crippen LogP contribution >= 0.6 is 22.9 Å². The largest absolute Gasteiger partial charge is 0.507 e. The van der Waals surface area contributed by atoms with E-state index in [2.05, 4.69) is 15.8 Å². The number of anilines is 1. The standard InChI is InChI=1S/C20H16ClN3O3S/c1-12(23-24-19(26)16-11-14(21)7-8-17(16)25)13-4-2-5-15(10-13)22-20(27)18-6-3-9-28-18/h2-11,25H,1H3,(H,22,27)(H,24,26). The number of rotatable bonds is 5. The molecule has 3 N–H and O–H groups in total. The third-order valence-corrected chi connectivity index (χ3v) is 4.92. The SMILES string of the molecule is CC(=NNC(=O)c1cc(Cl)ccc1O)c1cccc(NC(=O)c2cccs2)c1. The van der Waals surface area contributed by atoms with E-state index in [0.717, 1.165) is 5.56 Å². The van der Waals surface area contributed by atoms with Crippen LogP contribution in [0, 0.1) is 0 Å². The van der Waals surface area contributed by atoms with E-state index in [9.17, 15) is 14.7 Å². The number of carbonyl (C=O) groups is 2. The first-order valence-corrected chi connectivity index (χ1v) is 9.48. The second kappa shape index (κ2) is 8.69. The normalized spacial score (nSPS) is 11.1. The number of hydrogen-bond acceptors (Lipinski definition) is 5. The Kier molecular flexibility index (Phi) is 6.08. The summed E-state index contributed by atoms with van der Waals surface area (Å²) in [6, 6.07) is 14.9. The lowest BCUT2D eigenvalue weighted by molar-refractivity contribution is 0.0951. The Hall–Kier alpha value is -3.16. The minimum Gasteiger partial charge on any atom is -0.507 e. The number of amides is 2.